The maximum Gasteiger partial charge on any atom is 0.274 e. The molecule has 26 heavy (non-hydrogen) atoms. The van der Waals surface area contributed by atoms with Crippen LogP contribution in [0.5, 0.6) is 5.75 Å². The van der Waals surface area contributed by atoms with E-state index in [0.717, 1.165) is 38.0 Å². The minimum Gasteiger partial charge on any atom is -0.508 e. The largest absolute Gasteiger partial charge is 0.508 e. The van der Waals surface area contributed by atoms with E-state index in [9.17, 15) is 9.90 Å². The molecule has 1 aromatic carbocycles. The fraction of sp³-hybridized carbons (Fsp3) is 0.500. The first kappa shape index (κ1) is 17.1. The zero-order chi connectivity index (χ0) is 17.9. The first-order chi connectivity index (χ1) is 12.7. The highest BCUT2D eigenvalue weighted by Crippen LogP contribution is 2.31. The Hall–Kier alpha value is -2.34. The molecule has 1 unspecified atom stereocenters. The fourth-order valence-electron chi connectivity index (χ4n) is 3.58. The second-order valence-corrected chi connectivity index (χ2v) is 7.48. The Kier molecular flexibility index (Phi) is 4.93. The van der Waals surface area contributed by atoms with Crippen LogP contribution in [0.15, 0.2) is 36.5 Å². The lowest BCUT2D eigenvalue weighted by molar-refractivity contribution is 0.0727. The molecule has 1 amide bonds. The maximum atomic E-state index is 13.1. The molecule has 2 N–H and O–H groups in total. The average molecular weight is 354 g/mol. The highest BCUT2D eigenvalue weighted by Gasteiger charge is 2.28. The number of nitrogens with one attached hydrogen (secondary N) is 1. The van der Waals surface area contributed by atoms with Crippen molar-refractivity contribution in [3.05, 3.63) is 47.8 Å². The van der Waals surface area contributed by atoms with Crippen molar-refractivity contribution in [2.24, 2.45) is 5.92 Å². The van der Waals surface area contributed by atoms with E-state index >= 15 is 0 Å². The standard InChI is InChI=1S/C20H26N4O2/c25-18-5-1-3-16(11-18)14-23(13-15-6-7-15)20(26)19-8-10-24(22-19)17-4-2-9-21-12-17/h1,3,5,8,10-11,15,17,21,25H,2,4,6-7,9,12-14H2. The van der Waals surface area contributed by atoms with Crippen LogP contribution < -0.4 is 5.32 Å². The topological polar surface area (TPSA) is 70.4 Å². The van der Waals surface area contributed by atoms with Gasteiger partial charge in [0.15, 0.2) is 0 Å². The minimum atomic E-state index is -0.0252. The molecule has 1 atom stereocenters. The number of nitrogens with zero attached hydrogens (tertiary/aromatic N) is 3. The molecular weight excluding hydrogens is 328 g/mol. The van der Waals surface area contributed by atoms with Gasteiger partial charge in [-0.05, 0) is 61.9 Å². The van der Waals surface area contributed by atoms with Gasteiger partial charge in [0.05, 0.1) is 6.04 Å². The van der Waals surface area contributed by atoms with E-state index in [2.05, 4.69) is 10.4 Å². The Morgan fingerprint density at radius 2 is 2.19 bits per heavy atom. The van der Waals surface area contributed by atoms with Gasteiger partial charge in [-0.3, -0.25) is 9.48 Å². The molecule has 6 heteroatoms. The van der Waals surface area contributed by atoms with Gasteiger partial charge in [-0.15, -0.1) is 0 Å². The molecule has 1 saturated heterocycles. The lowest BCUT2D eigenvalue weighted by atomic mass is 10.1. The monoisotopic (exact) mass is 354 g/mol. The molecule has 2 heterocycles. The number of carbonyl (C=O) groups excluding carboxylic acids is 1. The number of hydrogen-bond donors (Lipinski definition) is 2. The van der Waals surface area contributed by atoms with E-state index in [1.807, 2.05) is 34.0 Å². The molecule has 2 aliphatic rings. The summed E-state index contributed by atoms with van der Waals surface area (Å²) in [5.74, 6) is 0.805. The Morgan fingerprint density at radius 1 is 1.31 bits per heavy atom. The van der Waals surface area contributed by atoms with Crippen LogP contribution in [0.2, 0.25) is 0 Å². The van der Waals surface area contributed by atoms with Crippen LogP contribution in [0.1, 0.15) is 47.8 Å². The third-order valence-corrected chi connectivity index (χ3v) is 5.22. The smallest absolute Gasteiger partial charge is 0.274 e. The second-order valence-electron chi connectivity index (χ2n) is 7.48. The lowest BCUT2D eigenvalue weighted by Crippen LogP contribution is -2.34. The van der Waals surface area contributed by atoms with Crippen molar-refractivity contribution in [1.82, 2.24) is 20.0 Å². The molecule has 6 nitrogen and oxygen atoms in total. The van der Waals surface area contributed by atoms with Gasteiger partial charge in [-0.25, -0.2) is 0 Å². The number of piperidine rings is 1. The minimum absolute atomic E-state index is 0.0252. The van der Waals surface area contributed by atoms with Gasteiger partial charge in [-0.2, -0.15) is 5.10 Å². The third kappa shape index (κ3) is 4.07. The molecule has 2 aromatic rings. The van der Waals surface area contributed by atoms with Gasteiger partial charge in [-0.1, -0.05) is 12.1 Å². The summed E-state index contributed by atoms with van der Waals surface area (Å²) < 4.78 is 1.93. The summed E-state index contributed by atoms with van der Waals surface area (Å²) in [6, 6.07) is 9.29. The highest BCUT2D eigenvalue weighted by atomic mass is 16.3. The zero-order valence-corrected chi connectivity index (χ0v) is 15.0. The number of carbonyl (C=O) groups is 1. The number of rotatable bonds is 6. The Bertz CT molecular complexity index is 763. The van der Waals surface area contributed by atoms with Gasteiger partial charge < -0.3 is 15.3 Å². The molecule has 4 rings (SSSR count). The Morgan fingerprint density at radius 3 is 2.92 bits per heavy atom. The second kappa shape index (κ2) is 7.50. The normalized spacial score (nSPS) is 20.1. The molecule has 1 saturated carbocycles. The van der Waals surface area contributed by atoms with Crippen molar-refractivity contribution in [2.45, 2.75) is 38.3 Å². The molecule has 138 valence electrons. The van der Waals surface area contributed by atoms with Crippen molar-refractivity contribution >= 4 is 5.91 Å². The average Bonchev–Trinajstić information content (AvgIpc) is 3.33. The van der Waals surface area contributed by atoms with E-state index in [-0.39, 0.29) is 11.7 Å². The summed E-state index contributed by atoms with van der Waals surface area (Å²) in [6.07, 6.45) is 6.53. The number of amides is 1. The molecule has 1 aliphatic heterocycles. The molecule has 0 radical (unpaired) electrons. The van der Waals surface area contributed by atoms with Crippen LogP contribution >= 0.6 is 0 Å². The molecule has 2 fully saturated rings. The molecule has 1 aromatic heterocycles. The van der Waals surface area contributed by atoms with Crippen LogP contribution in [0.3, 0.4) is 0 Å². The van der Waals surface area contributed by atoms with Crippen molar-refractivity contribution < 1.29 is 9.90 Å². The summed E-state index contributed by atoms with van der Waals surface area (Å²) >= 11 is 0. The van der Waals surface area contributed by atoms with E-state index in [1.165, 1.54) is 12.8 Å². The summed E-state index contributed by atoms with van der Waals surface area (Å²) in [5.41, 5.74) is 1.45. The number of benzene rings is 1. The van der Waals surface area contributed by atoms with Crippen LogP contribution in [0.25, 0.3) is 0 Å². The third-order valence-electron chi connectivity index (χ3n) is 5.22. The summed E-state index contributed by atoms with van der Waals surface area (Å²) in [7, 11) is 0. The summed E-state index contributed by atoms with van der Waals surface area (Å²) in [5, 5.41) is 17.7. The van der Waals surface area contributed by atoms with Crippen molar-refractivity contribution in [1.29, 1.82) is 0 Å². The van der Waals surface area contributed by atoms with E-state index in [0.29, 0.717) is 24.2 Å². The lowest BCUT2D eigenvalue weighted by Gasteiger charge is -2.23. The summed E-state index contributed by atoms with van der Waals surface area (Å²) in [4.78, 5) is 14.9. The van der Waals surface area contributed by atoms with Crippen molar-refractivity contribution in [3.63, 3.8) is 0 Å². The number of phenolic OH excluding ortho intramolecular Hbond substituents is 1. The number of aromatic hydroxyl groups is 1. The summed E-state index contributed by atoms with van der Waals surface area (Å²) in [6.45, 7) is 3.22. The van der Waals surface area contributed by atoms with Crippen LogP contribution in [0.4, 0.5) is 0 Å². The molecular formula is C20H26N4O2. The highest BCUT2D eigenvalue weighted by molar-refractivity contribution is 5.92. The number of phenols is 1. The maximum absolute atomic E-state index is 13.1. The van der Waals surface area contributed by atoms with Crippen molar-refractivity contribution in [3.8, 4) is 5.75 Å². The number of aromatic nitrogens is 2. The van der Waals surface area contributed by atoms with Gasteiger partial charge in [0.1, 0.15) is 11.4 Å². The zero-order valence-electron chi connectivity index (χ0n) is 15.0. The fourth-order valence-corrected chi connectivity index (χ4v) is 3.58. The van der Waals surface area contributed by atoms with Gasteiger partial charge >= 0.3 is 0 Å². The van der Waals surface area contributed by atoms with Crippen LogP contribution in [-0.4, -0.2) is 45.3 Å². The van der Waals surface area contributed by atoms with Crippen molar-refractivity contribution in [2.75, 3.05) is 19.6 Å². The first-order valence-electron chi connectivity index (χ1n) is 9.52. The number of hydrogen-bond acceptors (Lipinski definition) is 4. The van der Waals surface area contributed by atoms with E-state index in [4.69, 9.17) is 0 Å². The molecule has 1 aliphatic carbocycles. The molecule has 0 spiro atoms. The van der Waals surface area contributed by atoms with Crippen LogP contribution in [0, 0.1) is 5.92 Å². The molecule has 0 bridgehead atoms. The quantitative estimate of drug-likeness (QED) is 0.836. The van der Waals surface area contributed by atoms with Crippen LogP contribution in [-0.2, 0) is 6.54 Å². The Labute approximate surface area is 153 Å². The van der Waals surface area contributed by atoms with Gasteiger partial charge in [0, 0.05) is 25.8 Å². The van der Waals surface area contributed by atoms with Gasteiger partial charge in [0.25, 0.3) is 5.91 Å². The predicted octanol–water partition coefficient (Wildman–Crippen LogP) is 2.57. The predicted molar refractivity (Wildman–Crippen MR) is 98.9 cm³/mol. The van der Waals surface area contributed by atoms with E-state index < -0.39 is 0 Å². The SMILES string of the molecule is O=C(c1ccn(C2CCCNC2)n1)N(Cc1cccc(O)c1)CC1CC1. The first-order valence-corrected chi connectivity index (χ1v) is 9.52. The Balaban J connectivity index is 1.49. The van der Waals surface area contributed by atoms with Gasteiger partial charge in [0.2, 0.25) is 0 Å². The van der Waals surface area contributed by atoms with E-state index in [1.54, 1.807) is 12.1 Å².